The lowest BCUT2D eigenvalue weighted by atomic mass is 9.85. The Morgan fingerprint density at radius 2 is 1.50 bits per heavy atom. The molecule has 2 bridgehead atoms. The van der Waals surface area contributed by atoms with E-state index in [4.69, 9.17) is 4.74 Å². The van der Waals surface area contributed by atoms with Gasteiger partial charge in [0, 0.05) is 12.1 Å². The molecule has 2 amide bonds. The predicted molar refractivity (Wildman–Crippen MR) is 105 cm³/mol. The number of esters is 1. The molecule has 1 saturated carbocycles. The van der Waals surface area contributed by atoms with Gasteiger partial charge in [-0.3, -0.25) is 24.6 Å². The minimum absolute atomic E-state index is 0.121. The van der Waals surface area contributed by atoms with Gasteiger partial charge in [-0.15, -0.1) is 0 Å². The predicted octanol–water partition coefficient (Wildman–Crippen LogP) is 3.13. The third-order valence-electron chi connectivity index (χ3n) is 6.09. The van der Waals surface area contributed by atoms with Crippen LogP contribution in [0.15, 0.2) is 60.7 Å². The number of hydrogen-bond donors (Lipinski definition) is 0. The minimum atomic E-state index is -0.664. The van der Waals surface area contributed by atoms with E-state index in [0.717, 1.165) is 6.42 Å². The van der Waals surface area contributed by atoms with Crippen molar-refractivity contribution in [2.24, 2.45) is 23.7 Å². The molecule has 2 fully saturated rings. The number of ether oxygens (including phenoxy) is 1. The fourth-order valence-electron chi connectivity index (χ4n) is 4.71. The Morgan fingerprint density at radius 3 is 2.03 bits per heavy atom. The first kappa shape index (κ1) is 18.2. The van der Waals surface area contributed by atoms with Crippen LogP contribution in [0.5, 0.6) is 5.75 Å². The molecule has 1 heterocycles. The maximum absolute atomic E-state index is 12.8. The molecule has 2 aliphatic carbocycles. The van der Waals surface area contributed by atoms with Crippen LogP contribution in [-0.4, -0.2) is 22.7 Å². The Morgan fingerprint density at radius 1 is 0.933 bits per heavy atom. The number of anilines is 1. The number of rotatable bonds is 4. The van der Waals surface area contributed by atoms with Crippen molar-refractivity contribution in [1.29, 1.82) is 0 Å². The fourth-order valence-corrected chi connectivity index (χ4v) is 4.71. The van der Waals surface area contributed by atoms with E-state index in [1.807, 2.05) is 12.2 Å². The van der Waals surface area contributed by atoms with E-state index in [0.29, 0.717) is 5.69 Å². The average Bonchev–Trinajstić information content (AvgIpc) is 3.43. The van der Waals surface area contributed by atoms with E-state index in [1.165, 1.54) is 41.3 Å². The first-order chi connectivity index (χ1) is 14.4. The zero-order valence-corrected chi connectivity index (χ0v) is 15.6. The van der Waals surface area contributed by atoms with Gasteiger partial charge in [-0.25, -0.2) is 4.79 Å². The largest absolute Gasteiger partial charge is 0.423 e. The van der Waals surface area contributed by atoms with Gasteiger partial charge in [0.05, 0.1) is 28.0 Å². The highest BCUT2D eigenvalue weighted by atomic mass is 16.6. The lowest BCUT2D eigenvalue weighted by molar-refractivity contribution is -0.384. The quantitative estimate of drug-likeness (QED) is 0.194. The summed E-state index contributed by atoms with van der Waals surface area (Å²) in [5, 5.41) is 10.7. The monoisotopic (exact) mass is 404 g/mol. The number of benzene rings is 2. The van der Waals surface area contributed by atoms with Crippen LogP contribution < -0.4 is 9.64 Å². The summed E-state index contributed by atoms with van der Waals surface area (Å²) in [7, 11) is 0. The molecule has 0 radical (unpaired) electrons. The van der Waals surface area contributed by atoms with Gasteiger partial charge in [0.15, 0.2) is 0 Å². The number of nitrogens with zero attached hydrogens (tertiary/aromatic N) is 2. The molecule has 8 nitrogen and oxygen atoms in total. The molecule has 3 aliphatic rings. The average molecular weight is 404 g/mol. The second-order valence-corrected chi connectivity index (χ2v) is 7.70. The number of non-ortho nitro benzene ring substituents is 1. The van der Waals surface area contributed by atoms with Crippen LogP contribution in [0, 0.1) is 33.8 Å². The number of hydrogen-bond acceptors (Lipinski definition) is 6. The van der Waals surface area contributed by atoms with Gasteiger partial charge in [0.1, 0.15) is 5.75 Å². The van der Waals surface area contributed by atoms with Crippen molar-refractivity contribution >= 4 is 29.2 Å². The number of nitro groups is 1. The van der Waals surface area contributed by atoms with E-state index >= 15 is 0 Å². The van der Waals surface area contributed by atoms with Gasteiger partial charge in [0.2, 0.25) is 11.8 Å². The normalized spacial score (nSPS) is 26.2. The highest BCUT2D eigenvalue weighted by Gasteiger charge is 2.59. The minimum Gasteiger partial charge on any atom is -0.423 e. The van der Waals surface area contributed by atoms with Crippen molar-refractivity contribution in [1.82, 2.24) is 0 Å². The van der Waals surface area contributed by atoms with Crippen molar-refractivity contribution in [2.75, 3.05) is 4.90 Å². The summed E-state index contributed by atoms with van der Waals surface area (Å²) >= 11 is 0. The molecule has 4 atom stereocenters. The van der Waals surface area contributed by atoms with Crippen LogP contribution in [0.1, 0.15) is 16.8 Å². The molecule has 150 valence electrons. The van der Waals surface area contributed by atoms with Gasteiger partial charge >= 0.3 is 5.97 Å². The van der Waals surface area contributed by atoms with E-state index < -0.39 is 10.9 Å². The summed E-state index contributed by atoms with van der Waals surface area (Å²) in [4.78, 5) is 49.3. The first-order valence-electron chi connectivity index (χ1n) is 9.57. The Bertz CT molecular complexity index is 1080. The maximum atomic E-state index is 12.8. The number of fused-ring (bicyclic) bond motifs is 5. The molecular formula is C22H16N2O6. The molecule has 30 heavy (non-hydrogen) atoms. The smallest absolute Gasteiger partial charge is 0.343 e. The van der Waals surface area contributed by atoms with Gasteiger partial charge in [-0.2, -0.15) is 0 Å². The topological polar surface area (TPSA) is 107 Å². The zero-order valence-electron chi connectivity index (χ0n) is 15.6. The van der Waals surface area contributed by atoms with Crippen molar-refractivity contribution in [3.05, 3.63) is 76.4 Å². The number of amides is 2. The molecule has 0 aromatic heterocycles. The van der Waals surface area contributed by atoms with E-state index in [9.17, 15) is 24.5 Å². The van der Waals surface area contributed by atoms with Crippen LogP contribution in [0.2, 0.25) is 0 Å². The number of carbonyl (C=O) groups is 3. The van der Waals surface area contributed by atoms with Crippen LogP contribution in [0.3, 0.4) is 0 Å². The van der Waals surface area contributed by atoms with Crippen molar-refractivity contribution in [3.63, 3.8) is 0 Å². The van der Waals surface area contributed by atoms with Gasteiger partial charge in [0.25, 0.3) is 5.69 Å². The third-order valence-corrected chi connectivity index (χ3v) is 6.09. The van der Waals surface area contributed by atoms with Crippen LogP contribution in [0.25, 0.3) is 0 Å². The summed E-state index contributed by atoms with van der Waals surface area (Å²) in [6.07, 6.45) is 4.96. The van der Waals surface area contributed by atoms with Crippen molar-refractivity contribution in [3.8, 4) is 5.75 Å². The second-order valence-electron chi connectivity index (χ2n) is 7.70. The fraction of sp³-hybridized carbons (Fsp3) is 0.227. The number of carbonyl (C=O) groups excluding carboxylic acids is 3. The summed E-state index contributed by atoms with van der Waals surface area (Å²) in [6.45, 7) is 0. The lowest BCUT2D eigenvalue weighted by Gasteiger charge is -2.17. The Labute approximate surface area is 170 Å². The molecular weight excluding hydrogens is 388 g/mol. The molecule has 0 spiro atoms. The van der Waals surface area contributed by atoms with Crippen LogP contribution >= 0.6 is 0 Å². The summed E-state index contributed by atoms with van der Waals surface area (Å²) in [5.74, 6) is -1.02. The summed E-state index contributed by atoms with van der Waals surface area (Å²) < 4.78 is 5.28. The summed E-state index contributed by atoms with van der Waals surface area (Å²) in [6, 6.07) is 11.3. The van der Waals surface area contributed by atoms with Crippen molar-refractivity contribution in [2.45, 2.75) is 6.42 Å². The van der Waals surface area contributed by atoms with E-state index in [1.54, 1.807) is 12.1 Å². The highest BCUT2D eigenvalue weighted by Crippen LogP contribution is 2.53. The van der Waals surface area contributed by atoms with Gasteiger partial charge in [-0.1, -0.05) is 12.2 Å². The molecule has 0 N–H and O–H groups in total. The SMILES string of the molecule is O=C(Oc1ccc(N2C(=O)[C@@H]3[C@@H](C2=O)[C@@H]2C=C[C@@H]3C2)cc1)c1ccc([N+](=O)[O-])cc1. The van der Waals surface area contributed by atoms with E-state index in [2.05, 4.69) is 0 Å². The Hall–Kier alpha value is -3.81. The van der Waals surface area contributed by atoms with Crippen LogP contribution in [0.4, 0.5) is 11.4 Å². The van der Waals surface area contributed by atoms with Crippen molar-refractivity contribution < 1.29 is 24.0 Å². The standard InChI is InChI=1S/C22H16N2O6/c25-20-18-13-1-2-14(11-13)19(18)21(26)23(20)15-7-9-17(10-8-15)30-22(27)12-3-5-16(6-4-12)24(28)29/h1-10,13-14,18-19H,11H2/t13-,14-,18+,19+/m1/s1. The number of imide groups is 1. The number of nitro benzene ring substituents is 1. The maximum Gasteiger partial charge on any atom is 0.343 e. The molecule has 2 aromatic rings. The first-order valence-corrected chi connectivity index (χ1v) is 9.57. The molecule has 5 rings (SSSR count). The van der Waals surface area contributed by atoms with E-state index in [-0.39, 0.29) is 52.5 Å². The van der Waals surface area contributed by atoms with Crippen LogP contribution in [-0.2, 0) is 9.59 Å². The number of allylic oxidation sites excluding steroid dienone is 2. The van der Waals surface area contributed by atoms with Gasteiger partial charge < -0.3 is 4.74 Å². The summed E-state index contributed by atoms with van der Waals surface area (Å²) in [5.41, 5.74) is 0.503. The second kappa shape index (κ2) is 6.62. The van der Waals surface area contributed by atoms with Gasteiger partial charge in [-0.05, 0) is 54.7 Å². The molecule has 8 heteroatoms. The third kappa shape index (κ3) is 2.72. The molecule has 1 aliphatic heterocycles. The Kier molecular flexibility index (Phi) is 4.02. The Balaban J connectivity index is 1.30. The zero-order chi connectivity index (χ0) is 21.0. The highest BCUT2D eigenvalue weighted by molar-refractivity contribution is 6.22. The molecule has 1 saturated heterocycles. The molecule has 0 unspecified atom stereocenters. The molecule has 2 aromatic carbocycles. The lowest BCUT2D eigenvalue weighted by Crippen LogP contribution is -2.32.